The van der Waals surface area contributed by atoms with Crippen molar-refractivity contribution in [3.8, 4) is 0 Å². The van der Waals surface area contributed by atoms with Crippen molar-refractivity contribution in [2.45, 2.75) is 16.6 Å². The molecule has 0 radical (unpaired) electrons. The van der Waals surface area contributed by atoms with Gasteiger partial charge in [0, 0.05) is 6.61 Å². The Bertz CT molecular complexity index is 475. The summed E-state index contributed by atoms with van der Waals surface area (Å²) < 4.78 is 29.5. The van der Waals surface area contributed by atoms with Gasteiger partial charge < -0.3 is 10.5 Å². The maximum atomic E-state index is 12.2. The molecule has 88 valence electrons. The predicted molar refractivity (Wildman–Crippen MR) is 62.3 cm³/mol. The summed E-state index contributed by atoms with van der Waals surface area (Å²) in [4.78, 5) is 0.0344. The van der Waals surface area contributed by atoms with Gasteiger partial charge in [0.1, 0.15) is 4.90 Å². The van der Waals surface area contributed by atoms with Gasteiger partial charge in [0.2, 0.25) is 0 Å². The Morgan fingerprint density at radius 1 is 1.44 bits per heavy atom. The lowest BCUT2D eigenvalue weighted by molar-refractivity contribution is 0.198. The molecular weight excluding hydrogens is 250 g/mol. The van der Waals surface area contributed by atoms with Crippen molar-refractivity contribution in [1.29, 1.82) is 0 Å². The zero-order valence-electron chi connectivity index (χ0n) is 8.52. The molecule has 0 aliphatic carbocycles. The Labute approximate surface area is 99.3 Å². The molecule has 0 saturated carbocycles. The number of hydrogen-bond acceptors (Lipinski definition) is 4. The lowest BCUT2D eigenvalue weighted by Gasteiger charge is -2.13. The fourth-order valence-electron chi connectivity index (χ4n) is 1.75. The average molecular weight is 262 g/mol. The van der Waals surface area contributed by atoms with Crippen molar-refractivity contribution in [3.05, 3.63) is 23.2 Å². The Hall–Kier alpha value is -0.780. The van der Waals surface area contributed by atoms with Crippen LogP contribution >= 0.6 is 11.6 Å². The third-order valence-electron chi connectivity index (χ3n) is 2.61. The molecule has 0 aromatic heterocycles. The quantitative estimate of drug-likeness (QED) is 0.819. The number of nitrogens with two attached hydrogens (primary N) is 1. The van der Waals surface area contributed by atoms with Crippen molar-refractivity contribution in [1.82, 2.24) is 0 Å². The molecule has 0 amide bonds. The van der Waals surface area contributed by atoms with Crippen LogP contribution in [0.15, 0.2) is 23.1 Å². The normalized spacial score (nSPS) is 21.2. The summed E-state index contributed by atoms with van der Waals surface area (Å²) in [6.07, 6.45) is 0.493. The number of nitrogen functional groups attached to an aromatic ring is 1. The van der Waals surface area contributed by atoms with Crippen LogP contribution in [0.5, 0.6) is 0 Å². The molecular formula is C10H12ClNO3S. The van der Waals surface area contributed by atoms with E-state index in [4.69, 9.17) is 22.1 Å². The van der Waals surface area contributed by atoms with Crippen LogP contribution in [0.2, 0.25) is 5.02 Å². The standard InChI is InChI=1S/C10H12ClNO3S/c11-8-2-1-3-9(12)10(8)16(13,14)7-4-5-15-6-7/h1-3,7H,4-6,12H2. The highest BCUT2D eigenvalue weighted by molar-refractivity contribution is 7.92. The molecule has 1 saturated heterocycles. The molecule has 0 spiro atoms. The number of rotatable bonds is 2. The summed E-state index contributed by atoms with van der Waals surface area (Å²) in [6, 6.07) is 4.69. The van der Waals surface area contributed by atoms with E-state index < -0.39 is 15.1 Å². The van der Waals surface area contributed by atoms with E-state index >= 15 is 0 Å². The maximum absolute atomic E-state index is 12.2. The topological polar surface area (TPSA) is 69.4 Å². The molecule has 1 aliphatic rings. The first-order chi connectivity index (χ1) is 7.53. The number of hydrogen-bond donors (Lipinski definition) is 1. The average Bonchev–Trinajstić information content (AvgIpc) is 2.69. The minimum atomic E-state index is -3.48. The number of anilines is 1. The summed E-state index contributed by atoms with van der Waals surface area (Å²) in [5.74, 6) is 0. The first-order valence-electron chi connectivity index (χ1n) is 4.89. The van der Waals surface area contributed by atoms with Gasteiger partial charge in [0.25, 0.3) is 0 Å². The minimum absolute atomic E-state index is 0.0344. The molecule has 1 aromatic carbocycles. The van der Waals surface area contributed by atoms with Gasteiger partial charge in [0.15, 0.2) is 9.84 Å². The molecule has 2 N–H and O–H groups in total. The Kier molecular flexibility index (Phi) is 3.10. The zero-order valence-corrected chi connectivity index (χ0v) is 10.1. The highest BCUT2D eigenvalue weighted by Gasteiger charge is 2.33. The van der Waals surface area contributed by atoms with Crippen molar-refractivity contribution >= 4 is 27.1 Å². The summed E-state index contributed by atoms with van der Waals surface area (Å²) in [5.41, 5.74) is 5.86. The van der Waals surface area contributed by atoms with Crippen LogP contribution in [0.1, 0.15) is 6.42 Å². The van der Waals surface area contributed by atoms with Crippen molar-refractivity contribution in [2.24, 2.45) is 0 Å². The molecule has 1 heterocycles. The van der Waals surface area contributed by atoms with Crippen molar-refractivity contribution in [3.63, 3.8) is 0 Å². The first-order valence-corrected chi connectivity index (χ1v) is 6.81. The van der Waals surface area contributed by atoms with E-state index in [1.165, 1.54) is 12.1 Å². The lowest BCUT2D eigenvalue weighted by Crippen LogP contribution is -2.22. The van der Waals surface area contributed by atoms with Crippen molar-refractivity contribution < 1.29 is 13.2 Å². The molecule has 16 heavy (non-hydrogen) atoms. The smallest absolute Gasteiger partial charge is 0.187 e. The fourth-order valence-corrected chi connectivity index (χ4v) is 4.01. The van der Waals surface area contributed by atoms with Gasteiger partial charge in [-0.05, 0) is 18.6 Å². The number of halogens is 1. The fraction of sp³-hybridized carbons (Fsp3) is 0.400. The number of benzene rings is 1. The monoisotopic (exact) mass is 261 g/mol. The molecule has 1 aliphatic heterocycles. The Morgan fingerprint density at radius 2 is 2.19 bits per heavy atom. The second-order valence-electron chi connectivity index (χ2n) is 3.69. The van der Waals surface area contributed by atoms with Crippen LogP contribution < -0.4 is 5.73 Å². The van der Waals surface area contributed by atoms with Crippen LogP contribution in [0.3, 0.4) is 0 Å². The predicted octanol–water partition coefficient (Wildman–Crippen LogP) is 1.48. The molecule has 1 aromatic rings. The summed E-state index contributed by atoms with van der Waals surface area (Å²) >= 11 is 5.89. The summed E-state index contributed by atoms with van der Waals surface area (Å²) in [6.45, 7) is 0.682. The van der Waals surface area contributed by atoms with Crippen molar-refractivity contribution in [2.75, 3.05) is 18.9 Å². The van der Waals surface area contributed by atoms with E-state index in [-0.39, 0.29) is 22.2 Å². The Balaban J connectivity index is 2.50. The van der Waals surface area contributed by atoms with Gasteiger partial charge in [0.05, 0.1) is 22.6 Å². The van der Waals surface area contributed by atoms with Gasteiger partial charge in [-0.25, -0.2) is 8.42 Å². The van der Waals surface area contributed by atoms with Crippen LogP contribution in [-0.4, -0.2) is 26.9 Å². The molecule has 1 atom stereocenters. The highest BCUT2D eigenvalue weighted by atomic mass is 35.5. The van der Waals surface area contributed by atoms with E-state index in [9.17, 15) is 8.42 Å². The Morgan fingerprint density at radius 3 is 2.75 bits per heavy atom. The van der Waals surface area contributed by atoms with E-state index in [0.29, 0.717) is 13.0 Å². The second-order valence-corrected chi connectivity index (χ2v) is 6.26. The number of sulfone groups is 1. The molecule has 1 unspecified atom stereocenters. The SMILES string of the molecule is Nc1cccc(Cl)c1S(=O)(=O)C1CCOC1. The van der Waals surface area contributed by atoms with Gasteiger partial charge >= 0.3 is 0 Å². The first kappa shape index (κ1) is 11.7. The van der Waals surface area contributed by atoms with Gasteiger partial charge in [-0.15, -0.1) is 0 Å². The largest absolute Gasteiger partial charge is 0.398 e. The third kappa shape index (κ3) is 1.90. The minimum Gasteiger partial charge on any atom is -0.398 e. The van der Waals surface area contributed by atoms with E-state index in [1.54, 1.807) is 6.07 Å². The van der Waals surface area contributed by atoms with Gasteiger partial charge in [-0.2, -0.15) is 0 Å². The van der Waals surface area contributed by atoms with E-state index in [0.717, 1.165) is 0 Å². The van der Waals surface area contributed by atoms with Gasteiger partial charge in [-0.3, -0.25) is 0 Å². The molecule has 0 bridgehead atoms. The third-order valence-corrected chi connectivity index (χ3v) is 5.31. The molecule has 4 nitrogen and oxygen atoms in total. The molecule has 6 heteroatoms. The maximum Gasteiger partial charge on any atom is 0.187 e. The second kappa shape index (κ2) is 4.24. The van der Waals surface area contributed by atoms with Gasteiger partial charge in [-0.1, -0.05) is 17.7 Å². The van der Waals surface area contributed by atoms with Crippen LogP contribution in [-0.2, 0) is 14.6 Å². The van der Waals surface area contributed by atoms with E-state index in [1.807, 2.05) is 0 Å². The van der Waals surface area contributed by atoms with Crippen LogP contribution in [0.25, 0.3) is 0 Å². The number of ether oxygens (including phenoxy) is 1. The lowest BCUT2D eigenvalue weighted by atomic mass is 10.3. The highest BCUT2D eigenvalue weighted by Crippen LogP contribution is 2.32. The van der Waals surface area contributed by atoms with Crippen LogP contribution in [0.4, 0.5) is 5.69 Å². The van der Waals surface area contributed by atoms with Crippen LogP contribution in [0, 0.1) is 0 Å². The zero-order chi connectivity index (χ0) is 11.8. The van der Waals surface area contributed by atoms with E-state index in [2.05, 4.69) is 0 Å². The molecule has 1 fully saturated rings. The molecule has 2 rings (SSSR count). The summed E-state index contributed by atoms with van der Waals surface area (Å²) in [7, 11) is -3.48. The summed E-state index contributed by atoms with van der Waals surface area (Å²) in [5, 5.41) is -0.360.